The van der Waals surface area contributed by atoms with E-state index in [1.807, 2.05) is 23.2 Å². The van der Waals surface area contributed by atoms with Gasteiger partial charge < -0.3 is 4.74 Å². The molecular weight excluding hydrogens is 370 g/mol. The number of rotatable bonds is 7. The Morgan fingerprint density at radius 3 is 2.93 bits per heavy atom. The Hall–Kier alpha value is -3.14. The van der Waals surface area contributed by atoms with Gasteiger partial charge in [-0.2, -0.15) is 5.10 Å². The molecule has 1 heterocycles. The maximum atomic E-state index is 5.33. The van der Waals surface area contributed by atoms with Crippen LogP contribution < -0.4 is 0 Å². The molecule has 156 valence electrons. The first kappa shape index (κ1) is 21.6. The highest BCUT2D eigenvalue weighted by atomic mass is 16.5. The summed E-state index contributed by atoms with van der Waals surface area (Å²) in [5.74, 6) is 2.02. The van der Waals surface area contributed by atoms with Crippen molar-refractivity contribution in [2.75, 3.05) is 7.11 Å². The van der Waals surface area contributed by atoms with Crippen LogP contribution in [0.3, 0.4) is 0 Å². The van der Waals surface area contributed by atoms with Crippen molar-refractivity contribution < 1.29 is 4.74 Å². The van der Waals surface area contributed by atoms with Crippen molar-refractivity contribution in [2.45, 2.75) is 39.0 Å². The molecule has 0 saturated carbocycles. The molecule has 1 unspecified atom stereocenters. The molecule has 0 bridgehead atoms. The second-order valence-corrected chi connectivity index (χ2v) is 7.27. The Morgan fingerprint density at radius 2 is 2.13 bits per heavy atom. The number of hydrogen-bond acceptors (Lipinski definition) is 3. The van der Waals surface area contributed by atoms with Crippen LogP contribution in [0.2, 0.25) is 0 Å². The molecule has 0 fully saturated rings. The summed E-state index contributed by atoms with van der Waals surface area (Å²) in [6, 6.07) is 0. The molecule has 1 aromatic heterocycles. The van der Waals surface area contributed by atoms with Crippen LogP contribution in [-0.2, 0) is 4.74 Å². The maximum absolute atomic E-state index is 5.33. The number of allylic oxidation sites excluding steroid dienone is 12. The zero-order chi connectivity index (χ0) is 21.2. The minimum atomic E-state index is 0.327. The normalized spacial score (nSPS) is 21.9. The molecule has 0 aliphatic heterocycles. The average molecular weight is 402 g/mol. The lowest BCUT2D eigenvalue weighted by Gasteiger charge is -2.10. The summed E-state index contributed by atoms with van der Waals surface area (Å²) in [5.41, 5.74) is 3.38. The van der Waals surface area contributed by atoms with Gasteiger partial charge in [-0.25, -0.2) is 9.67 Å². The van der Waals surface area contributed by atoms with E-state index in [9.17, 15) is 0 Å². The Bertz CT molecular complexity index is 951. The summed E-state index contributed by atoms with van der Waals surface area (Å²) in [7, 11) is 1.71. The largest absolute Gasteiger partial charge is 0.497 e. The minimum absolute atomic E-state index is 0.327. The van der Waals surface area contributed by atoms with Crippen LogP contribution in [0, 0.1) is 5.92 Å². The van der Waals surface area contributed by atoms with Crippen LogP contribution in [-0.4, -0.2) is 23.6 Å². The van der Waals surface area contributed by atoms with Gasteiger partial charge >= 0.3 is 0 Å². The molecule has 1 aromatic rings. The summed E-state index contributed by atoms with van der Waals surface area (Å²) in [6.07, 6.45) is 30.5. The first-order valence-electron chi connectivity index (χ1n) is 10.6. The molecule has 0 aromatic carbocycles. The Morgan fingerprint density at radius 1 is 1.27 bits per heavy atom. The highest BCUT2D eigenvalue weighted by Crippen LogP contribution is 2.33. The van der Waals surface area contributed by atoms with Crippen molar-refractivity contribution in [1.29, 1.82) is 0 Å². The lowest BCUT2D eigenvalue weighted by atomic mass is 9.96. The Kier molecular flexibility index (Phi) is 8.02. The SMILES string of the molecule is C=Nc1c(/C(=C/CC)C2=CC/C=C\C/C=C\2)cnn1/C=C/C1C=CC(OC)=CCC1. The van der Waals surface area contributed by atoms with Crippen molar-refractivity contribution >= 4 is 24.3 Å². The lowest BCUT2D eigenvalue weighted by Crippen LogP contribution is -1.94. The second-order valence-electron chi connectivity index (χ2n) is 7.27. The summed E-state index contributed by atoms with van der Waals surface area (Å²) in [4.78, 5) is 4.32. The average Bonchev–Trinajstić information content (AvgIpc) is 2.99. The highest BCUT2D eigenvalue weighted by molar-refractivity contribution is 5.86. The van der Waals surface area contributed by atoms with Gasteiger partial charge in [0.25, 0.3) is 0 Å². The first-order chi connectivity index (χ1) is 14.8. The molecule has 4 nitrogen and oxygen atoms in total. The van der Waals surface area contributed by atoms with Crippen LogP contribution in [0.4, 0.5) is 5.82 Å². The Labute approximate surface area is 180 Å². The molecule has 1 atom stereocenters. The summed E-state index contributed by atoms with van der Waals surface area (Å²) < 4.78 is 7.16. The van der Waals surface area contributed by atoms with Crippen molar-refractivity contribution in [3.05, 3.63) is 83.9 Å². The quantitative estimate of drug-likeness (QED) is 0.372. The van der Waals surface area contributed by atoms with Crippen LogP contribution in [0.1, 0.15) is 44.6 Å². The third-order valence-electron chi connectivity index (χ3n) is 5.20. The zero-order valence-electron chi connectivity index (χ0n) is 18.0. The molecule has 0 radical (unpaired) electrons. The fraction of sp³-hybridized carbons (Fsp3) is 0.308. The van der Waals surface area contributed by atoms with Gasteiger partial charge in [-0.3, -0.25) is 0 Å². The van der Waals surface area contributed by atoms with Gasteiger partial charge in [0, 0.05) is 11.8 Å². The lowest BCUT2D eigenvalue weighted by molar-refractivity contribution is 0.305. The Balaban J connectivity index is 1.88. The van der Waals surface area contributed by atoms with Gasteiger partial charge in [0.05, 0.1) is 13.3 Å². The number of hydrogen-bond donors (Lipinski definition) is 0. The fourth-order valence-corrected chi connectivity index (χ4v) is 3.63. The molecule has 3 rings (SSSR count). The van der Waals surface area contributed by atoms with E-state index in [0.717, 1.165) is 54.8 Å². The van der Waals surface area contributed by atoms with E-state index in [1.54, 1.807) is 7.11 Å². The van der Waals surface area contributed by atoms with Gasteiger partial charge in [-0.05, 0) is 68.0 Å². The van der Waals surface area contributed by atoms with E-state index in [0.29, 0.717) is 5.92 Å². The fourth-order valence-electron chi connectivity index (χ4n) is 3.63. The molecule has 0 N–H and O–H groups in total. The molecule has 2 aliphatic carbocycles. The predicted octanol–water partition coefficient (Wildman–Crippen LogP) is 6.81. The number of ether oxygens (including phenoxy) is 1. The van der Waals surface area contributed by atoms with Crippen LogP contribution in [0.25, 0.3) is 11.8 Å². The van der Waals surface area contributed by atoms with Crippen molar-refractivity contribution in [2.24, 2.45) is 10.9 Å². The van der Waals surface area contributed by atoms with Crippen molar-refractivity contribution in [3.63, 3.8) is 0 Å². The predicted molar refractivity (Wildman–Crippen MR) is 128 cm³/mol. The molecule has 0 spiro atoms. The number of aliphatic imine (C=N–C) groups is 1. The van der Waals surface area contributed by atoms with Crippen LogP contribution >= 0.6 is 0 Å². The maximum Gasteiger partial charge on any atom is 0.162 e. The minimum Gasteiger partial charge on any atom is -0.497 e. The molecule has 0 saturated heterocycles. The van der Waals surface area contributed by atoms with Gasteiger partial charge in [0.15, 0.2) is 5.82 Å². The number of nitrogens with zero attached hydrogens (tertiary/aromatic N) is 3. The summed E-state index contributed by atoms with van der Waals surface area (Å²) >= 11 is 0. The van der Waals surface area contributed by atoms with E-state index in [1.165, 1.54) is 5.57 Å². The van der Waals surface area contributed by atoms with Gasteiger partial charge in [-0.1, -0.05) is 55.5 Å². The molecule has 2 aliphatic rings. The van der Waals surface area contributed by atoms with E-state index >= 15 is 0 Å². The van der Waals surface area contributed by atoms with E-state index < -0.39 is 0 Å². The van der Waals surface area contributed by atoms with Gasteiger partial charge in [0.2, 0.25) is 0 Å². The van der Waals surface area contributed by atoms with Gasteiger partial charge in [0.1, 0.15) is 5.76 Å². The molecular formula is C26H31N3O. The molecule has 0 amide bonds. The molecule has 4 heteroatoms. The topological polar surface area (TPSA) is 39.4 Å². The third kappa shape index (κ3) is 5.47. The smallest absolute Gasteiger partial charge is 0.162 e. The monoisotopic (exact) mass is 401 g/mol. The zero-order valence-corrected chi connectivity index (χ0v) is 18.0. The standard InChI is InChI=1S/C26H31N3O/c1-4-11-24(22-13-8-6-5-7-9-14-22)25-20-28-29(26(25)27-2)19-18-21-12-10-15-23(30-3)17-16-21/h5-6,9,11,13-21H,2,4,7-8,10,12H2,1,3H3/b6-5-,14-9-,19-18+,22-13?,24-11+. The highest BCUT2D eigenvalue weighted by Gasteiger charge is 2.15. The second kappa shape index (κ2) is 11.1. The van der Waals surface area contributed by atoms with E-state index in [-0.39, 0.29) is 0 Å². The van der Waals surface area contributed by atoms with E-state index in [2.05, 4.69) is 78.4 Å². The van der Waals surface area contributed by atoms with Crippen molar-refractivity contribution in [1.82, 2.24) is 9.78 Å². The number of methoxy groups -OCH3 is 1. The number of aromatic nitrogens is 2. The van der Waals surface area contributed by atoms with Crippen molar-refractivity contribution in [3.8, 4) is 0 Å². The first-order valence-corrected chi connectivity index (χ1v) is 10.6. The van der Waals surface area contributed by atoms with Crippen LogP contribution in [0.15, 0.2) is 83.3 Å². The summed E-state index contributed by atoms with van der Waals surface area (Å²) in [6.45, 7) is 5.97. The van der Waals surface area contributed by atoms with E-state index in [4.69, 9.17) is 4.74 Å². The molecule has 30 heavy (non-hydrogen) atoms. The summed E-state index contributed by atoms with van der Waals surface area (Å²) in [5, 5.41) is 4.59. The third-order valence-corrected chi connectivity index (χ3v) is 5.20. The van der Waals surface area contributed by atoms with Gasteiger partial charge in [-0.15, -0.1) is 0 Å². The van der Waals surface area contributed by atoms with Crippen LogP contribution in [0.5, 0.6) is 0 Å².